The SMILES string of the molecule is CCC(CC)(CN)NC(=O)C1CCCN(C(=O)c2ccccc2)C1. The first kappa shape index (κ1) is 18.5. The van der Waals surface area contributed by atoms with E-state index in [9.17, 15) is 9.59 Å². The summed E-state index contributed by atoms with van der Waals surface area (Å²) in [5, 5.41) is 3.15. The third-order valence-corrected chi connectivity index (χ3v) is 5.23. The van der Waals surface area contributed by atoms with Crippen molar-refractivity contribution in [3.05, 3.63) is 35.9 Å². The molecule has 0 saturated carbocycles. The average molecular weight is 331 g/mol. The Morgan fingerprint density at radius 2 is 1.92 bits per heavy atom. The predicted octanol–water partition coefficient (Wildman–Crippen LogP) is 2.17. The zero-order valence-corrected chi connectivity index (χ0v) is 14.8. The van der Waals surface area contributed by atoms with E-state index in [1.165, 1.54) is 0 Å². The summed E-state index contributed by atoms with van der Waals surface area (Å²) in [6.07, 6.45) is 3.29. The van der Waals surface area contributed by atoms with E-state index in [0.717, 1.165) is 25.7 Å². The molecule has 2 rings (SSSR count). The predicted molar refractivity (Wildman–Crippen MR) is 95.6 cm³/mol. The number of piperidine rings is 1. The minimum Gasteiger partial charge on any atom is -0.349 e. The summed E-state index contributed by atoms with van der Waals surface area (Å²) in [4.78, 5) is 27.1. The Bertz CT molecular complexity index is 547. The first-order chi connectivity index (χ1) is 11.5. The molecule has 5 heteroatoms. The van der Waals surface area contributed by atoms with Crippen LogP contribution in [-0.2, 0) is 4.79 Å². The molecule has 1 aliphatic rings. The van der Waals surface area contributed by atoms with Gasteiger partial charge in [0, 0.05) is 25.2 Å². The minimum absolute atomic E-state index is 0.00386. The zero-order valence-electron chi connectivity index (χ0n) is 14.8. The molecule has 3 N–H and O–H groups in total. The maximum atomic E-state index is 12.7. The van der Waals surface area contributed by atoms with Crippen molar-refractivity contribution in [2.24, 2.45) is 11.7 Å². The summed E-state index contributed by atoms with van der Waals surface area (Å²) in [7, 11) is 0. The van der Waals surface area contributed by atoms with Crippen molar-refractivity contribution < 1.29 is 9.59 Å². The van der Waals surface area contributed by atoms with Crippen LogP contribution in [0, 0.1) is 5.92 Å². The number of likely N-dealkylation sites (tertiary alicyclic amines) is 1. The first-order valence-electron chi connectivity index (χ1n) is 8.91. The monoisotopic (exact) mass is 331 g/mol. The van der Waals surface area contributed by atoms with Crippen LogP contribution in [0.15, 0.2) is 30.3 Å². The Hall–Kier alpha value is -1.88. The second-order valence-electron chi connectivity index (χ2n) is 6.64. The van der Waals surface area contributed by atoms with E-state index >= 15 is 0 Å². The number of benzene rings is 1. The number of amides is 2. The molecule has 1 heterocycles. The zero-order chi connectivity index (χ0) is 17.6. The van der Waals surface area contributed by atoms with Gasteiger partial charge in [0.05, 0.1) is 11.5 Å². The fourth-order valence-corrected chi connectivity index (χ4v) is 3.27. The van der Waals surface area contributed by atoms with Gasteiger partial charge in [-0.3, -0.25) is 9.59 Å². The topological polar surface area (TPSA) is 75.4 Å². The molecule has 1 aliphatic heterocycles. The summed E-state index contributed by atoms with van der Waals surface area (Å²) >= 11 is 0. The lowest BCUT2D eigenvalue weighted by Crippen LogP contribution is -2.56. The van der Waals surface area contributed by atoms with Crippen LogP contribution in [0.2, 0.25) is 0 Å². The van der Waals surface area contributed by atoms with Gasteiger partial charge < -0.3 is 16.0 Å². The number of carbonyl (C=O) groups excluding carboxylic acids is 2. The molecule has 0 aliphatic carbocycles. The molecule has 1 atom stereocenters. The molecule has 0 bridgehead atoms. The lowest BCUT2D eigenvalue weighted by atomic mass is 9.90. The molecule has 0 radical (unpaired) electrons. The number of nitrogens with zero attached hydrogens (tertiary/aromatic N) is 1. The van der Waals surface area contributed by atoms with Gasteiger partial charge in [-0.15, -0.1) is 0 Å². The summed E-state index contributed by atoms with van der Waals surface area (Å²) in [6, 6.07) is 9.25. The lowest BCUT2D eigenvalue weighted by Gasteiger charge is -2.36. The Morgan fingerprint density at radius 3 is 2.50 bits per heavy atom. The number of hydrogen-bond acceptors (Lipinski definition) is 3. The van der Waals surface area contributed by atoms with Gasteiger partial charge in [0.1, 0.15) is 0 Å². The van der Waals surface area contributed by atoms with Crippen LogP contribution in [0.3, 0.4) is 0 Å². The van der Waals surface area contributed by atoms with Crippen LogP contribution in [-0.4, -0.2) is 41.9 Å². The van der Waals surface area contributed by atoms with Crippen molar-refractivity contribution in [1.82, 2.24) is 10.2 Å². The summed E-state index contributed by atoms with van der Waals surface area (Å²) in [5.41, 5.74) is 6.23. The summed E-state index contributed by atoms with van der Waals surface area (Å²) in [6.45, 7) is 5.71. The van der Waals surface area contributed by atoms with Crippen LogP contribution in [0.1, 0.15) is 49.9 Å². The van der Waals surface area contributed by atoms with E-state index in [-0.39, 0.29) is 23.3 Å². The minimum atomic E-state index is -0.331. The number of nitrogens with one attached hydrogen (secondary N) is 1. The van der Waals surface area contributed by atoms with Crippen molar-refractivity contribution in [1.29, 1.82) is 0 Å². The van der Waals surface area contributed by atoms with E-state index < -0.39 is 0 Å². The van der Waals surface area contributed by atoms with E-state index in [2.05, 4.69) is 5.32 Å². The third kappa shape index (κ3) is 4.15. The second-order valence-corrected chi connectivity index (χ2v) is 6.64. The molecule has 1 unspecified atom stereocenters. The number of nitrogens with two attached hydrogens (primary N) is 1. The van der Waals surface area contributed by atoms with Crippen molar-refractivity contribution in [2.75, 3.05) is 19.6 Å². The fraction of sp³-hybridized carbons (Fsp3) is 0.579. The molecule has 1 saturated heterocycles. The third-order valence-electron chi connectivity index (χ3n) is 5.23. The highest BCUT2D eigenvalue weighted by atomic mass is 16.2. The van der Waals surface area contributed by atoms with Crippen LogP contribution < -0.4 is 11.1 Å². The molecule has 5 nitrogen and oxygen atoms in total. The second kappa shape index (κ2) is 8.29. The van der Waals surface area contributed by atoms with E-state index in [1.54, 1.807) is 4.90 Å². The highest BCUT2D eigenvalue weighted by Gasteiger charge is 2.33. The highest BCUT2D eigenvalue weighted by Crippen LogP contribution is 2.21. The summed E-state index contributed by atoms with van der Waals surface area (Å²) in [5.74, 6) is -0.130. The molecule has 1 fully saturated rings. The number of rotatable bonds is 6. The van der Waals surface area contributed by atoms with Gasteiger partial charge in [0.25, 0.3) is 5.91 Å². The maximum absolute atomic E-state index is 12.7. The Kier molecular flexibility index (Phi) is 6.37. The smallest absolute Gasteiger partial charge is 0.253 e. The quantitative estimate of drug-likeness (QED) is 0.839. The van der Waals surface area contributed by atoms with Crippen LogP contribution in [0.25, 0.3) is 0 Å². The number of carbonyl (C=O) groups is 2. The first-order valence-corrected chi connectivity index (χ1v) is 8.91. The Morgan fingerprint density at radius 1 is 1.25 bits per heavy atom. The molecule has 132 valence electrons. The normalized spacial score (nSPS) is 18.3. The van der Waals surface area contributed by atoms with E-state index in [0.29, 0.717) is 25.2 Å². The van der Waals surface area contributed by atoms with Crippen molar-refractivity contribution >= 4 is 11.8 Å². The molecular weight excluding hydrogens is 302 g/mol. The van der Waals surface area contributed by atoms with Gasteiger partial charge in [0.2, 0.25) is 5.91 Å². The fourth-order valence-electron chi connectivity index (χ4n) is 3.27. The largest absolute Gasteiger partial charge is 0.349 e. The Labute approximate surface area is 144 Å². The van der Waals surface area contributed by atoms with Crippen LogP contribution in [0.5, 0.6) is 0 Å². The highest BCUT2D eigenvalue weighted by molar-refractivity contribution is 5.94. The van der Waals surface area contributed by atoms with Gasteiger partial charge in [-0.05, 0) is 37.8 Å². The van der Waals surface area contributed by atoms with Crippen molar-refractivity contribution in [3.8, 4) is 0 Å². The van der Waals surface area contributed by atoms with E-state index in [1.807, 2.05) is 44.2 Å². The Balaban J connectivity index is 2.02. The molecular formula is C19H29N3O2. The summed E-state index contributed by atoms with van der Waals surface area (Å²) < 4.78 is 0. The van der Waals surface area contributed by atoms with Gasteiger partial charge in [-0.2, -0.15) is 0 Å². The van der Waals surface area contributed by atoms with Gasteiger partial charge in [0.15, 0.2) is 0 Å². The van der Waals surface area contributed by atoms with Crippen molar-refractivity contribution in [3.63, 3.8) is 0 Å². The molecule has 0 aromatic heterocycles. The van der Waals surface area contributed by atoms with Gasteiger partial charge in [-0.1, -0.05) is 32.0 Å². The number of hydrogen-bond donors (Lipinski definition) is 2. The average Bonchev–Trinajstić information content (AvgIpc) is 2.66. The van der Waals surface area contributed by atoms with Crippen LogP contribution in [0.4, 0.5) is 0 Å². The van der Waals surface area contributed by atoms with Crippen LogP contribution >= 0.6 is 0 Å². The van der Waals surface area contributed by atoms with Gasteiger partial charge in [-0.25, -0.2) is 0 Å². The maximum Gasteiger partial charge on any atom is 0.253 e. The lowest BCUT2D eigenvalue weighted by molar-refractivity contribution is -0.128. The molecule has 0 spiro atoms. The van der Waals surface area contributed by atoms with E-state index in [4.69, 9.17) is 5.73 Å². The standard InChI is InChI=1S/C19H29N3O2/c1-3-19(4-2,14-20)21-17(23)16-11-8-12-22(13-16)18(24)15-9-6-5-7-10-15/h5-7,9-10,16H,3-4,8,11-14,20H2,1-2H3,(H,21,23). The van der Waals surface area contributed by atoms with Gasteiger partial charge >= 0.3 is 0 Å². The molecule has 1 aromatic carbocycles. The molecule has 24 heavy (non-hydrogen) atoms. The van der Waals surface area contributed by atoms with Crippen molar-refractivity contribution in [2.45, 2.75) is 45.1 Å². The molecule has 1 aromatic rings. The molecule has 2 amide bonds.